The molecule has 4 N–H and O–H groups in total. The molecule has 0 aliphatic carbocycles. The van der Waals surface area contributed by atoms with Gasteiger partial charge in [-0.15, -0.1) is 0 Å². The van der Waals surface area contributed by atoms with Crippen LogP contribution in [0.3, 0.4) is 0 Å². The van der Waals surface area contributed by atoms with Crippen LogP contribution in [0.4, 0.5) is 4.39 Å². The van der Waals surface area contributed by atoms with E-state index in [1.54, 1.807) is 0 Å². The summed E-state index contributed by atoms with van der Waals surface area (Å²) < 4.78 is 18.4. The van der Waals surface area contributed by atoms with Crippen molar-refractivity contribution < 1.29 is 19.1 Å². The van der Waals surface area contributed by atoms with E-state index in [0.29, 0.717) is 0 Å². The topological polar surface area (TPSA) is 105 Å². The lowest BCUT2D eigenvalue weighted by atomic mass is 10.1. The number of nitrogens with zero attached hydrogens (tertiary/aromatic N) is 2. The van der Waals surface area contributed by atoms with Crippen LogP contribution in [0.1, 0.15) is 5.89 Å². The SMILES string of the molecule is NCc1nc(-c2c(O)c(O)cc(Br)c2F)no1. The fourth-order valence-electron chi connectivity index (χ4n) is 1.25. The molecule has 0 unspecified atom stereocenters. The number of phenols is 2. The number of halogens is 2. The standard InChI is InChI=1S/C9H7BrFN3O3/c10-3-1-4(15)8(16)6(7(3)11)9-13-5(2-12)17-14-9/h1,15-16H,2,12H2. The number of benzene rings is 1. The van der Waals surface area contributed by atoms with E-state index in [-0.39, 0.29) is 28.3 Å². The maximum atomic E-state index is 13.8. The third-order valence-corrected chi connectivity index (χ3v) is 2.62. The molecule has 6 nitrogen and oxygen atoms in total. The Labute approximate surface area is 103 Å². The van der Waals surface area contributed by atoms with E-state index in [1.165, 1.54) is 0 Å². The minimum absolute atomic E-state index is 0.00460. The van der Waals surface area contributed by atoms with Crippen LogP contribution in [0.2, 0.25) is 0 Å². The first-order valence-electron chi connectivity index (χ1n) is 4.47. The largest absolute Gasteiger partial charge is 0.504 e. The molecular weight excluding hydrogens is 297 g/mol. The Morgan fingerprint density at radius 2 is 2.18 bits per heavy atom. The molecule has 0 radical (unpaired) electrons. The van der Waals surface area contributed by atoms with E-state index in [4.69, 9.17) is 10.3 Å². The molecule has 0 atom stereocenters. The number of aromatic hydroxyl groups is 2. The number of aromatic nitrogens is 2. The van der Waals surface area contributed by atoms with E-state index in [0.717, 1.165) is 6.07 Å². The first-order chi connectivity index (χ1) is 8.04. The van der Waals surface area contributed by atoms with Crippen LogP contribution < -0.4 is 5.73 Å². The van der Waals surface area contributed by atoms with Crippen molar-refractivity contribution in [1.29, 1.82) is 0 Å². The number of rotatable bonds is 2. The predicted molar refractivity (Wildman–Crippen MR) is 58.6 cm³/mol. The second kappa shape index (κ2) is 4.30. The summed E-state index contributed by atoms with van der Waals surface area (Å²) in [5.41, 5.74) is 4.92. The smallest absolute Gasteiger partial charge is 0.240 e. The number of hydrogen-bond donors (Lipinski definition) is 3. The normalized spacial score (nSPS) is 10.8. The van der Waals surface area contributed by atoms with Gasteiger partial charge in [-0.1, -0.05) is 5.16 Å². The molecule has 2 aromatic rings. The average Bonchev–Trinajstić information content (AvgIpc) is 2.75. The minimum Gasteiger partial charge on any atom is -0.504 e. The molecule has 90 valence electrons. The summed E-state index contributed by atoms with van der Waals surface area (Å²) in [5.74, 6) is -2.04. The van der Waals surface area contributed by atoms with Crippen molar-refractivity contribution in [1.82, 2.24) is 10.1 Å². The van der Waals surface area contributed by atoms with Gasteiger partial charge in [-0.2, -0.15) is 4.98 Å². The molecule has 8 heteroatoms. The Bertz CT molecular complexity index is 547. The number of phenolic OH excluding ortho intramolecular Hbond substituents is 2. The molecule has 0 amide bonds. The van der Waals surface area contributed by atoms with Crippen molar-refractivity contribution in [2.45, 2.75) is 6.54 Å². The summed E-state index contributed by atoms with van der Waals surface area (Å²) in [6, 6.07) is 1.03. The van der Waals surface area contributed by atoms with Crippen molar-refractivity contribution in [3.63, 3.8) is 0 Å². The summed E-state index contributed by atoms with van der Waals surface area (Å²) in [7, 11) is 0. The molecule has 0 aliphatic heterocycles. The second-order valence-corrected chi connectivity index (χ2v) is 3.99. The van der Waals surface area contributed by atoms with Gasteiger partial charge in [0.1, 0.15) is 5.56 Å². The highest BCUT2D eigenvalue weighted by Gasteiger charge is 2.22. The van der Waals surface area contributed by atoms with E-state index in [1.807, 2.05) is 0 Å². The van der Waals surface area contributed by atoms with Gasteiger partial charge in [0.25, 0.3) is 0 Å². The van der Waals surface area contributed by atoms with Crippen molar-refractivity contribution in [3.05, 3.63) is 22.2 Å². The lowest BCUT2D eigenvalue weighted by molar-refractivity contribution is 0.378. The van der Waals surface area contributed by atoms with Crippen LogP contribution in [0.15, 0.2) is 15.1 Å². The van der Waals surface area contributed by atoms with Crippen molar-refractivity contribution in [3.8, 4) is 22.9 Å². The zero-order chi connectivity index (χ0) is 12.6. The molecule has 0 spiro atoms. The Kier molecular flexibility index (Phi) is 2.99. The molecule has 2 rings (SSSR count). The van der Waals surface area contributed by atoms with Gasteiger partial charge in [-0.25, -0.2) is 4.39 Å². The quantitative estimate of drug-likeness (QED) is 0.726. The first kappa shape index (κ1) is 11.8. The summed E-state index contributed by atoms with van der Waals surface area (Å²) in [6.45, 7) is -0.00460. The third kappa shape index (κ3) is 1.96. The molecule has 1 aromatic heterocycles. The highest BCUT2D eigenvalue weighted by molar-refractivity contribution is 9.10. The average molecular weight is 304 g/mol. The highest BCUT2D eigenvalue weighted by atomic mass is 79.9. The zero-order valence-electron chi connectivity index (χ0n) is 8.31. The lowest BCUT2D eigenvalue weighted by Gasteiger charge is -2.05. The molecule has 17 heavy (non-hydrogen) atoms. The van der Waals surface area contributed by atoms with Crippen LogP contribution in [0, 0.1) is 5.82 Å². The fraction of sp³-hybridized carbons (Fsp3) is 0.111. The molecule has 0 fully saturated rings. The van der Waals surface area contributed by atoms with Crippen LogP contribution in [-0.4, -0.2) is 20.4 Å². The Balaban J connectivity index is 2.65. The van der Waals surface area contributed by atoms with Crippen LogP contribution in [-0.2, 0) is 6.54 Å². The van der Waals surface area contributed by atoms with Crippen molar-refractivity contribution in [2.24, 2.45) is 5.73 Å². The summed E-state index contributed by atoms with van der Waals surface area (Å²) in [5, 5.41) is 22.4. The molecule has 1 heterocycles. The molecule has 1 aromatic carbocycles. The van der Waals surface area contributed by atoms with Crippen LogP contribution in [0.5, 0.6) is 11.5 Å². The molecule has 0 saturated carbocycles. The van der Waals surface area contributed by atoms with E-state index >= 15 is 0 Å². The van der Waals surface area contributed by atoms with Gasteiger partial charge < -0.3 is 20.5 Å². The highest BCUT2D eigenvalue weighted by Crippen LogP contribution is 2.40. The summed E-state index contributed by atoms with van der Waals surface area (Å²) in [4.78, 5) is 3.77. The molecular formula is C9H7BrFN3O3. The predicted octanol–water partition coefficient (Wildman–Crippen LogP) is 1.51. The van der Waals surface area contributed by atoms with Gasteiger partial charge in [0.05, 0.1) is 11.0 Å². The maximum Gasteiger partial charge on any atom is 0.240 e. The minimum atomic E-state index is -0.801. The molecule has 0 bridgehead atoms. The monoisotopic (exact) mass is 303 g/mol. The van der Waals surface area contributed by atoms with Crippen LogP contribution in [0.25, 0.3) is 11.4 Å². The van der Waals surface area contributed by atoms with E-state index < -0.39 is 17.3 Å². The Morgan fingerprint density at radius 3 is 2.76 bits per heavy atom. The van der Waals surface area contributed by atoms with Gasteiger partial charge in [0.2, 0.25) is 11.7 Å². The first-order valence-corrected chi connectivity index (χ1v) is 5.26. The maximum absolute atomic E-state index is 13.8. The van der Waals surface area contributed by atoms with Crippen molar-refractivity contribution >= 4 is 15.9 Å². The number of hydrogen-bond acceptors (Lipinski definition) is 6. The summed E-state index contributed by atoms with van der Waals surface area (Å²) in [6.07, 6.45) is 0. The van der Waals surface area contributed by atoms with Gasteiger partial charge in [-0.3, -0.25) is 0 Å². The third-order valence-electron chi connectivity index (χ3n) is 2.04. The Morgan fingerprint density at radius 1 is 1.47 bits per heavy atom. The van der Waals surface area contributed by atoms with Crippen LogP contribution >= 0.6 is 15.9 Å². The second-order valence-electron chi connectivity index (χ2n) is 3.13. The zero-order valence-corrected chi connectivity index (χ0v) is 9.90. The van der Waals surface area contributed by atoms with Gasteiger partial charge in [-0.05, 0) is 15.9 Å². The fourth-order valence-corrected chi connectivity index (χ4v) is 1.66. The Hall–Kier alpha value is -1.67. The van der Waals surface area contributed by atoms with E-state index in [2.05, 4.69) is 26.1 Å². The summed E-state index contributed by atoms with van der Waals surface area (Å²) >= 11 is 2.90. The van der Waals surface area contributed by atoms with E-state index in [9.17, 15) is 14.6 Å². The number of nitrogens with two attached hydrogens (primary N) is 1. The van der Waals surface area contributed by atoms with Gasteiger partial charge >= 0.3 is 0 Å². The van der Waals surface area contributed by atoms with Gasteiger partial charge in [0.15, 0.2) is 17.3 Å². The lowest BCUT2D eigenvalue weighted by Crippen LogP contribution is -1.96. The van der Waals surface area contributed by atoms with Crippen molar-refractivity contribution in [2.75, 3.05) is 0 Å². The van der Waals surface area contributed by atoms with Gasteiger partial charge in [0, 0.05) is 6.07 Å². The molecule has 0 aliphatic rings. The molecule has 0 saturated heterocycles.